The third kappa shape index (κ3) is 2.35. The highest BCUT2D eigenvalue weighted by Gasteiger charge is 2.52. The van der Waals surface area contributed by atoms with Gasteiger partial charge in [0.05, 0.1) is 11.1 Å². The van der Waals surface area contributed by atoms with E-state index in [0.717, 1.165) is 4.90 Å². The van der Waals surface area contributed by atoms with Crippen molar-refractivity contribution in [1.82, 2.24) is 4.90 Å². The van der Waals surface area contributed by atoms with Gasteiger partial charge in [0.25, 0.3) is 11.8 Å². The van der Waals surface area contributed by atoms with E-state index in [1.807, 2.05) is 0 Å². The van der Waals surface area contributed by atoms with Gasteiger partial charge in [-0.2, -0.15) is 0 Å². The Labute approximate surface area is 132 Å². The molecule has 1 unspecified atom stereocenters. The predicted molar refractivity (Wildman–Crippen MR) is 77.5 cm³/mol. The van der Waals surface area contributed by atoms with E-state index in [2.05, 4.69) is 0 Å². The fourth-order valence-corrected chi connectivity index (χ4v) is 3.06. The molecule has 2 heterocycles. The lowest BCUT2D eigenvalue weighted by molar-refractivity contribution is -0.263. The summed E-state index contributed by atoms with van der Waals surface area (Å²) in [6, 6.07) is 5.20. The van der Waals surface area contributed by atoms with Crippen LogP contribution in [-0.4, -0.2) is 71.2 Å². The fourth-order valence-electron chi connectivity index (χ4n) is 3.06. The van der Waals surface area contributed by atoms with Crippen LogP contribution in [0.15, 0.2) is 24.3 Å². The first-order valence-electron chi connectivity index (χ1n) is 7.22. The summed E-state index contributed by atoms with van der Waals surface area (Å²) in [4.78, 5) is 26.0. The van der Waals surface area contributed by atoms with Gasteiger partial charge >= 0.3 is 0 Å². The van der Waals surface area contributed by atoms with Crippen LogP contribution in [0.3, 0.4) is 0 Å². The molecule has 1 aromatic carbocycles. The molecule has 3 rings (SSSR count). The van der Waals surface area contributed by atoms with Gasteiger partial charge in [-0.1, -0.05) is 12.1 Å². The Morgan fingerprint density at radius 2 is 1.74 bits per heavy atom. The molecule has 8 nitrogen and oxygen atoms in total. The molecular weight excluding hydrogens is 304 g/mol. The minimum Gasteiger partial charge on any atom is -0.388 e. The van der Waals surface area contributed by atoms with Crippen molar-refractivity contribution >= 4 is 11.8 Å². The van der Waals surface area contributed by atoms with E-state index in [1.54, 1.807) is 12.1 Å². The van der Waals surface area contributed by atoms with Crippen molar-refractivity contribution in [3.8, 4) is 0 Å². The second-order valence-corrected chi connectivity index (χ2v) is 5.51. The highest BCUT2D eigenvalue weighted by Crippen LogP contribution is 2.32. The molecule has 23 heavy (non-hydrogen) atoms. The number of fused-ring (bicyclic) bond motifs is 1. The largest absolute Gasteiger partial charge is 0.388 e. The van der Waals surface area contributed by atoms with Crippen LogP contribution < -0.4 is 5.73 Å². The molecule has 124 valence electrons. The number of ether oxygens (including phenoxy) is 2. The number of rotatable bonds is 3. The molecule has 2 aliphatic rings. The standard InChI is InChI=1S/C15H18N2O6/c1-22-15-10(12(19)11(18)9(6-16)23-15)17-13(20)7-4-2-3-5-8(7)14(17)21/h2-5,9-12,15,18-19H,6,16H2,1H3/t9-,10-,11-,12-,15?/m1/s1. The van der Waals surface area contributed by atoms with Crippen LogP contribution in [0.5, 0.6) is 0 Å². The quantitative estimate of drug-likeness (QED) is 0.591. The van der Waals surface area contributed by atoms with Crippen LogP contribution in [0.4, 0.5) is 0 Å². The van der Waals surface area contributed by atoms with Gasteiger partial charge in [0.15, 0.2) is 6.29 Å². The first kappa shape index (κ1) is 16.0. The van der Waals surface area contributed by atoms with Gasteiger partial charge in [0.1, 0.15) is 24.4 Å². The Morgan fingerprint density at radius 3 is 2.22 bits per heavy atom. The molecule has 0 aliphatic carbocycles. The first-order chi connectivity index (χ1) is 11.0. The molecule has 1 saturated heterocycles. The summed E-state index contributed by atoms with van der Waals surface area (Å²) in [7, 11) is 1.33. The maximum atomic E-state index is 12.5. The van der Waals surface area contributed by atoms with Gasteiger partial charge in [-0.05, 0) is 12.1 Å². The zero-order chi connectivity index (χ0) is 16.7. The molecular formula is C15H18N2O6. The van der Waals surface area contributed by atoms with Crippen molar-refractivity contribution in [2.75, 3.05) is 13.7 Å². The Balaban J connectivity index is 1.97. The predicted octanol–water partition coefficient (Wildman–Crippen LogP) is -1.30. The zero-order valence-electron chi connectivity index (χ0n) is 12.5. The number of carbonyl (C=O) groups excluding carboxylic acids is 2. The average molecular weight is 322 g/mol. The van der Waals surface area contributed by atoms with Crippen LogP contribution in [0, 0.1) is 0 Å². The van der Waals surface area contributed by atoms with E-state index in [4.69, 9.17) is 15.2 Å². The molecule has 0 radical (unpaired) electrons. The smallest absolute Gasteiger partial charge is 0.262 e. The molecule has 5 atom stereocenters. The Bertz CT molecular complexity index is 599. The lowest BCUT2D eigenvalue weighted by Crippen LogP contribution is -2.66. The van der Waals surface area contributed by atoms with Gasteiger partial charge in [-0.3, -0.25) is 14.5 Å². The lowest BCUT2D eigenvalue weighted by Gasteiger charge is -2.44. The summed E-state index contributed by atoms with van der Waals surface area (Å²) in [5, 5.41) is 20.5. The molecule has 2 aliphatic heterocycles. The molecule has 1 aromatic rings. The van der Waals surface area contributed by atoms with Gasteiger partial charge in [0.2, 0.25) is 0 Å². The number of carbonyl (C=O) groups is 2. The molecule has 0 spiro atoms. The Hall–Kier alpha value is -1.84. The number of aliphatic hydroxyl groups is 2. The van der Waals surface area contributed by atoms with E-state index in [0.29, 0.717) is 0 Å². The van der Waals surface area contributed by atoms with Gasteiger partial charge in [-0.25, -0.2) is 0 Å². The monoisotopic (exact) mass is 322 g/mol. The van der Waals surface area contributed by atoms with Crippen LogP contribution in [0.25, 0.3) is 0 Å². The summed E-state index contributed by atoms with van der Waals surface area (Å²) in [6.07, 6.45) is -4.68. The average Bonchev–Trinajstić information content (AvgIpc) is 2.82. The first-order valence-corrected chi connectivity index (χ1v) is 7.22. The van der Waals surface area contributed by atoms with Crippen molar-refractivity contribution in [1.29, 1.82) is 0 Å². The van der Waals surface area contributed by atoms with Crippen LogP contribution >= 0.6 is 0 Å². The number of amides is 2. The number of imide groups is 1. The minimum atomic E-state index is -1.43. The van der Waals surface area contributed by atoms with Crippen LogP contribution in [0.1, 0.15) is 20.7 Å². The molecule has 2 amide bonds. The van der Waals surface area contributed by atoms with Crippen molar-refractivity contribution in [3.63, 3.8) is 0 Å². The van der Waals surface area contributed by atoms with E-state index < -0.39 is 42.5 Å². The number of methoxy groups -OCH3 is 1. The number of nitrogens with two attached hydrogens (primary N) is 1. The van der Waals surface area contributed by atoms with Crippen LogP contribution in [-0.2, 0) is 9.47 Å². The van der Waals surface area contributed by atoms with Crippen molar-refractivity contribution in [2.45, 2.75) is 30.6 Å². The van der Waals surface area contributed by atoms with Crippen molar-refractivity contribution in [3.05, 3.63) is 35.4 Å². The highest BCUT2D eigenvalue weighted by atomic mass is 16.7. The molecule has 8 heteroatoms. The van der Waals surface area contributed by atoms with E-state index in [-0.39, 0.29) is 17.7 Å². The maximum absolute atomic E-state index is 12.5. The van der Waals surface area contributed by atoms with Crippen molar-refractivity contribution in [2.24, 2.45) is 5.73 Å². The molecule has 0 bridgehead atoms. The fraction of sp³-hybridized carbons (Fsp3) is 0.467. The molecule has 1 fully saturated rings. The van der Waals surface area contributed by atoms with Gasteiger partial charge < -0.3 is 25.4 Å². The van der Waals surface area contributed by atoms with Gasteiger partial charge in [-0.15, -0.1) is 0 Å². The second-order valence-electron chi connectivity index (χ2n) is 5.51. The van der Waals surface area contributed by atoms with Gasteiger partial charge in [0, 0.05) is 13.7 Å². The topological polar surface area (TPSA) is 122 Å². The SMILES string of the molecule is COC1O[C@H](CN)[C@@H](O)[C@H](O)[C@H]1N1C(=O)c2ccccc2C1=O. The van der Waals surface area contributed by atoms with E-state index in [9.17, 15) is 19.8 Å². The molecule has 0 saturated carbocycles. The molecule has 0 aromatic heterocycles. The molecule has 4 N–H and O–H groups in total. The summed E-state index contributed by atoms with van der Waals surface area (Å²) >= 11 is 0. The van der Waals surface area contributed by atoms with E-state index in [1.165, 1.54) is 19.2 Å². The number of hydrogen-bond donors (Lipinski definition) is 3. The van der Waals surface area contributed by atoms with Crippen LogP contribution in [0.2, 0.25) is 0 Å². The minimum absolute atomic E-state index is 0.0348. The Morgan fingerprint density at radius 1 is 1.17 bits per heavy atom. The third-order valence-electron chi connectivity index (χ3n) is 4.26. The number of hydrogen-bond acceptors (Lipinski definition) is 7. The number of nitrogens with zero attached hydrogens (tertiary/aromatic N) is 1. The summed E-state index contributed by atoms with van der Waals surface area (Å²) < 4.78 is 10.7. The maximum Gasteiger partial charge on any atom is 0.262 e. The zero-order valence-corrected chi connectivity index (χ0v) is 12.5. The number of aliphatic hydroxyl groups excluding tert-OH is 2. The highest BCUT2D eigenvalue weighted by molar-refractivity contribution is 6.21. The summed E-state index contributed by atoms with van der Waals surface area (Å²) in [6.45, 7) is -0.0348. The summed E-state index contributed by atoms with van der Waals surface area (Å²) in [5.74, 6) is -1.11. The number of benzene rings is 1. The Kier molecular flexibility index (Phi) is 4.17. The third-order valence-corrected chi connectivity index (χ3v) is 4.26. The van der Waals surface area contributed by atoms with E-state index >= 15 is 0 Å². The van der Waals surface area contributed by atoms with Crippen molar-refractivity contribution < 1.29 is 29.3 Å². The lowest BCUT2D eigenvalue weighted by atomic mass is 9.95. The normalized spacial score (nSPS) is 33.9. The second kappa shape index (κ2) is 5.99. The summed E-state index contributed by atoms with van der Waals surface area (Å²) in [5.41, 5.74) is 5.99.